The summed E-state index contributed by atoms with van der Waals surface area (Å²) < 4.78 is 22.6. The molecule has 52 heavy (non-hydrogen) atoms. The number of aromatic nitrogens is 1. The van der Waals surface area contributed by atoms with Crippen molar-refractivity contribution >= 4 is 57.3 Å². The van der Waals surface area contributed by atoms with Gasteiger partial charge in [0.1, 0.15) is 11.8 Å². The molecular formula is C37H39N5O8S2. The Kier molecular flexibility index (Phi) is 11.2. The van der Waals surface area contributed by atoms with Gasteiger partial charge in [0, 0.05) is 23.4 Å². The van der Waals surface area contributed by atoms with Crippen molar-refractivity contribution in [1.82, 2.24) is 10.3 Å². The van der Waals surface area contributed by atoms with Crippen molar-refractivity contribution in [3.05, 3.63) is 69.2 Å². The summed E-state index contributed by atoms with van der Waals surface area (Å²) in [5.41, 5.74) is 4.73. The zero-order valence-corrected chi connectivity index (χ0v) is 31.0. The molecular weight excluding hydrogens is 707 g/mol. The summed E-state index contributed by atoms with van der Waals surface area (Å²) in [5, 5.41) is 14.1. The average Bonchev–Trinajstić information content (AvgIpc) is 3.48. The first-order valence-corrected chi connectivity index (χ1v) is 18.8. The first-order chi connectivity index (χ1) is 25.1. The zero-order chi connectivity index (χ0) is 36.9. The maximum atomic E-state index is 14.0. The Labute approximate surface area is 308 Å². The Bertz CT molecular complexity index is 2090. The molecule has 0 radical (unpaired) electrons. The lowest BCUT2D eigenvalue weighted by molar-refractivity contribution is -0.120. The number of thiazole rings is 1. The van der Waals surface area contributed by atoms with Gasteiger partial charge < -0.3 is 40.2 Å². The Morgan fingerprint density at radius 3 is 2.62 bits per heavy atom. The lowest BCUT2D eigenvalue weighted by atomic mass is 9.95. The molecule has 0 bridgehead atoms. The number of hydrogen-bond donors (Lipinski definition) is 4. The molecule has 1 aliphatic heterocycles. The Morgan fingerprint density at radius 1 is 1.08 bits per heavy atom. The van der Waals surface area contributed by atoms with E-state index in [9.17, 15) is 19.2 Å². The van der Waals surface area contributed by atoms with Crippen molar-refractivity contribution in [2.75, 3.05) is 55.9 Å². The van der Waals surface area contributed by atoms with E-state index in [1.54, 1.807) is 44.2 Å². The first kappa shape index (κ1) is 36.5. The second kappa shape index (κ2) is 15.9. The van der Waals surface area contributed by atoms with E-state index >= 15 is 0 Å². The molecule has 2 aliphatic rings. The maximum absolute atomic E-state index is 14.0. The van der Waals surface area contributed by atoms with Gasteiger partial charge in [0.15, 0.2) is 23.2 Å². The third kappa shape index (κ3) is 7.65. The molecule has 0 saturated carbocycles. The van der Waals surface area contributed by atoms with Gasteiger partial charge in [-0.1, -0.05) is 6.07 Å². The topological polar surface area (TPSA) is 166 Å². The second-order valence-corrected chi connectivity index (χ2v) is 14.0. The van der Waals surface area contributed by atoms with Crippen LogP contribution in [-0.4, -0.2) is 68.7 Å². The van der Waals surface area contributed by atoms with Gasteiger partial charge in [-0.2, -0.15) is 11.8 Å². The smallest absolute Gasteiger partial charge is 0.262 e. The summed E-state index contributed by atoms with van der Waals surface area (Å²) in [6, 6.07) is 11.0. The number of benzene rings is 2. The number of methoxy groups -OCH3 is 3. The van der Waals surface area contributed by atoms with Gasteiger partial charge in [0.25, 0.3) is 5.91 Å². The highest BCUT2D eigenvalue weighted by Gasteiger charge is 2.30. The third-order valence-corrected chi connectivity index (χ3v) is 10.2. The van der Waals surface area contributed by atoms with Crippen LogP contribution in [0.15, 0.2) is 52.6 Å². The number of anilines is 3. The van der Waals surface area contributed by atoms with Crippen LogP contribution in [0.25, 0.3) is 22.4 Å². The molecule has 2 atom stereocenters. The van der Waals surface area contributed by atoms with Crippen molar-refractivity contribution in [1.29, 1.82) is 0 Å². The van der Waals surface area contributed by atoms with E-state index in [1.165, 1.54) is 31.4 Å². The SMILES string of the molecule is COc1cc2c(c(OC)c1OC)-c1ccc(NC(CCSC)C(=O)Nc3nc(-c4ccc5c(c4)NC(=O)CO5)cs3)c(=O)cc1C(NC(C)=O)CC2. The van der Waals surface area contributed by atoms with Gasteiger partial charge in [-0.3, -0.25) is 19.2 Å². The number of nitrogens with zero attached hydrogens (tertiary/aromatic N) is 1. The van der Waals surface area contributed by atoms with E-state index in [2.05, 4.69) is 26.3 Å². The minimum Gasteiger partial charge on any atom is -0.493 e. The van der Waals surface area contributed by atoms with Gasteiger partial charge in [-0.05, 0) is 84.4 Å². The summed E-state index contributed by atoms with van der Waals surface area (Å²) in [6.45, 7) is 1.41. The molecule has 0 saturated heterocycles. The van der Waals surface area contributed by atoms with Gasteiger partial charge >= 0.3 is 0 Å². The molecule has 2 heterocycles. The molecule has 13 nitrogen and oxygen atoms in total. The molecule has 0 fully saturated rings. The summed E-state index contributed by atoms with van der Waals surface area (Å²) in [5.74, 6) is 1.77. The van der Waals surface area contributed by atoms with Crippen LogP contribution in [0.1, 0.15) is 36.9 Å². The first-order valence-electron chi connectivity index (χ1n) is 16.5. The summed E-state index contributed by atoms with van der Waals surface area (Å²) in [4.78, 5) is 56.5. The van der Waals surface area contributed by atoms with E-state index < -0.39 is 12.1 Å². The molecule has 1 aliphatic carbocycles. The summed E-state index contributed by atoms with van der Waals surface area (Å²) >= 11 is 2.85. The van der Waals surface area contributed by atoms with Crippen LogP contribution >= 0.6 is 23.1 Å². The minimum atomic E-state index is -0.775. The van der Waals surface area contributed by atoms with Crippen LogP contribution in [0, 0.1) is 0 Å². The molecule has 3 amide bonds. The maximum Gasteiger partial charge on any atom is 0.262 e. The minimum absolute atomic E-state index is 0.0342. The van der Waals surface area contributed by atoms with E-state index in [4.69, 9.17) is 18.9 Å². The van der Waals surface area contributed by atoms with Crippen LogP contribution in [0.3, 0.4) is 0 Å². The Hall–Kier alpha value is -5.28. The number of carbonyl (C=O) groups is 3. The van der Waals surface area contributed by atoms with Crippen LogP contribution < -0.4 is 45.6 Å². The predicted molar refractivity (Wildman–Crippen MR) is 203 cm³/mol. The number of rotatable bonds is 12. The Morgan fingerprint density at radius 2 is 1.88 bits per heavy atom. The normalized spacial score (nSPS) is 14.9. The number of carbonyl (C=O) groups excluding carboxylic acids is 3. The van der Waals surface area contributed by atoms with Gasteiger partial charge in [0.2, 0.25) is 23.0 Å². The number of aryl methyl sites for hydroxylation is 1. The highest BCUT2D eigenvalue weighted by molar-refractivity contribution is 7.98. The van der Waals surface area contributed by atoms with Crippen molar-refractivity contribution in [2.24, 2.45) is 0 Å². The number of thioether (sulfide) groups is 1. The van der Waals surface area contributed by atoms with Crippen LogP contribution in [0.5, 0.6) is 23.0 Å². The molecule has 272 valence electrons. The zero-order valence-electron chi connectivity index (χ0n) is 29.3. The molecule has 4 aromatic rings. The highest BCUT2D eigenvalue weighted by atomic mass is 32.2. The van der Waals surface area contributed by atoms with Crippen molar-refractivity contribution in [3.8, 4) is 45.4 Å². The highest BCUT2D eigenvalue weighted by Crippen LogP contribution is 2.50. The Balaban J connectivity index is 1.32. The standard InChI is InChI=1S/C37H39N5O8S2/c1-19(43)38-24-9-6-21-15-31(47-2)34(48-3)35(49-4)33(21)22-8-10-25(29(44)16-23(22)24)39-26(12-13-51-5)36(46)42-37-41-28(18-52-37)20-7-11-30-27(14-20)40-32(45)17-50-30/h7-8,10-11,14-16,18,24,26H,6,9,12-13,17H2,1-5H3,(H,38,43)(H,39,44)(H,40,45)(H,41,42,46). The molecule has 0 spiro atoms. The van der Waals surface area contributed by atoms with Gasteiger partial charge in [-0.15, -0.1) is 11.3 Å². The largest absolute Gasteiger partial charge is 0.493 e. The lowest BCUT2D eigenvalue weighted by Gasteiger charge is -2.19. The fourth-order valence-corrected chi connectivity index (χ4v) is 7.61. The van der Waals surface area contributed by atoms with Crippen LogP contribution in [0.2, 0.25) is 0 Å². The fraction of sp³-hybridized carbons (Fsp3) is 0.324. The van der Waals surface area contributed by atoms with Crippen molar-refractivity contribution in [2.45, 2.75) is 38.3 Å². The number of hydrogen-bond acceptors (Lipinski definition) is 12. The molecule has 2 unspecified atom stereocenters. The average molecular weight is 746 g/mol. The van der Waals surface area contributed by atoms with Crippen molar-refractivity contribution < 1.29 is 33.3 Å². The number of nitrogens with one attached hydrogen (secondary N) is 4. The van der Waals surface area contributed by atoms with Crippen LogP contribution in [-0.2, 0) is 20.8 Å². The van der Waals surface area contributed by atoms with E-state index in [-0.39, 0.29) is 35.4 Å². The van der Waals surface area contributed by atoms with Crippen LogP contribution in [0.4, 0.5) is 16.5 Å². The third-order valence-electron chi connectivity index (χ3n) is 8.82. The van der Waals surface area contributed by atoms with E-state index in [0.717, 1.165) is 16.7 Å². The van der Waals surface area contributed by atoms with E-state index in [0.29, 0.717) is 75.7 Å². The molecule has 3 aromatic carbocycles. The fourth-order valence-electron chi connectivity index (χ4n) is 6.42. The van der Waals surface area contributed by atoms with E-state index in [1.807, 2.05) is 29.8 Å². The summed E-state index contributed by atoms with van der Waals surface area (Å²) in [7, 11) is 4.63. The number of fused-ring (bicyclic) bond motifs is 4. The predicted octanol–water partition coefficient (Wildman–Crippen LogP) is 5.49. The lowest BCUT2D eigenvalue weighted by Crippen LogP contribution is -2.36. The molecule has 1 aromatic heterocycles. The molecule has 4 N–H and O–H groups in total. The second-order valence-electron chi connectivity index (χ2n) is 12.1. The molecule has 15 heteroatoms. The van der Waals surface area contributed by atoms with Crippen molar-refractivity contribution in [3.63, 3.8) is 0 Å². The number of amides is 3. The van der Waals surface area contributed by atoms with Gasteiger partial charge in [-0.25, -0.2) is 4.98 Å². The monoisotopic (exact) mass is 745 g/mol. The number of ether oxygens (including phenoxy) is 4. The quantitative estimate of drug-likeness (QED) is 0.145. The molecule has 6 rings (SSSR count). The summed E-state index contributed by atoms with van der Waals surface area (Å²) in [6.07, 6.45) is 3.47. The van der Waals surface area contributed by atoms with Gasteiger partial charge in [0.05, 0.1) is 44.4 Å².